The summed E-state index contributed by atoms with van der Waals surface area (Å²) < 4.78 is 11.6. The number of carbonyl (C=O) groups is 2. The van der Waals surface area contributed by atoms with Crippen molar-refractivity contribution >= 4 is 11.9 Å². The molecule has 2 aliphatic carbocycles. The number of aliphatic hydroxyl groups is 1. The summed E-state index contributed by atoms with van der Waals surface area (Å²) in [4.78, 5) is 24.2. The van der Waals surface area contributed by atoms with Crippen LogP contribution in [0.25, 0.3) is 0 Å². The van der Waals surface area contributed by atoms with E-state index >= 15 is 0 Å². The molecule has 3 aliphatic rings. The van der Waals surface area contributed by atoms with Crippen molar-refractivity contribution in [2.45, 2.75) is 91.0 Å². The molecule has 1 saturated carbocycles. The number of esters is 2. The van der Waals surface area contributed by atoms with Crippen LogP contribution in [-0.2, 0) is 19.1 Å². The van der Waals surface area contributed by atoms with E-state index in [-0.39, 0.29) is 36.5 Å². The summed E-state index contributed by atoms with van der Waals surface area (Å²) in [6, 6.07) is 0. The van der Waals surface area contributed by atoms with Crippen LogP contribution in [0, 0.1) is 35.5 Å². The first kappa shape index (κ1) is 22.3. The maximum Gasteiger partial charge on any atom is 0.308 e. The van der Waals surface area contributed by atoms with Crippen LogP contribution < -0.4 is 0 Å². The molecule has 1 N–H and O–H groups in total. The molecule has 3 rings (SSSR count). The Morgan fingerprint density at radius 1 is 1.24 bits per heavy atom. The van der Waals surface area contributed by atoms with Gasteiger partial charge in [-0.3, -0.25) is 9.59 Å². The zero-order chi connectivity index (χ0) is 21.1. The Bertz CT molecular complexity index is 614. The number of rotatable bonds is 6. The number of hydrogen-bond acceptors (Lipinski definition) is 5. The monoisotopic (exact) mass is 406 g/mol. The Labute approximate surface area is 175 Å². The molecule has 0 bridgehead atoms. The molecule has 2 fully saturated rings. The highest BCUT2D eigenvalue weighted by atomic mass is 16.5. The van der Waals surface area contributed by atoms with Crippen molar-refractivity contribution in [1.29, 1.82) is 0 Å². The molecule has 0 aromatic rings. The number of aliphatic hydroxyl groups excluding tert-OH is 1. The van der Waals surface area contributed by atoms with Gasteiger partial charge in [-0.2, -0.15) is 0 Å². The molecule has 0 unspecified atom stereocenters. The van der Waals surface area contributed by atoms with E-state index in [4.69, 9.17) is 9.47 Å². The standard InChI is InChI=1S/C24H38O5/c1-5-15(3)24(27)29-21-11-14(2)10-17-7-6-16(4)20(23(17)21)9-8-19-12-18(25)13-22(26)28-19/h6-7,14-21,23,25H,5,8-13H2,1-4H3/t14-,15-,16-,17-,18+,19+,20-,21+,23-/m0/s1. The maximum absolute atomic E-state index is 12.6. The fourth-order valence-electron chi connectivity index (χ4n) is 5.59. The van der Waals surface area contributed by atoms with E-state index in [1.165, 1.54) is 0 Å². The summed E-state index contributed by atoms with van der Waals surface area (Å²) in [5, 5.41) is 9.90. The molecule has 1 saturated heterocycles. The van der Waals surface area contributed by atoms with Gasteiger partial charge in [0.2, 0.25) is 0 Å². The van der Waals surface area contributed by atoms with Gasteiger partial charge in [0.1, 0.15) is 12.2 Å². The van der Waals surface area contributed by atoms with Crippen molar-refractivity contribution in [2.24, 2.45) is 35.5 Å². The Morgan fingerprint density at radius 2 is 2.00 bits per heavy atom. The number of hydrogen-bond donors (Lipinski definition) is 1. The minimum Gasteiger partial charge on any atom is -0.462 e. The zero-order valence-electron chi connectivity index (χ0n) is 18.4. The third-order valence-electron chi connectivity index (χ3n) is 7.40. The highest BCUT2D eigenvalue weighted by molar-refractivity contribution is 5.72. The van der Waals surface area contributed by atoms with Crippen molar-refractivity contribution in [2.75, 3.05) is 0 Å². The van der Waals surface area contributed by atoms with Crippen molar-refractivity contribution in [1.82, 2.24) is 0 Å². The SMILES string of the molecule is CC[C@H](C)C(=O)O[C@@H]1C[C@@H](C)C[C@@H]2C=C[C@H](C)[C@H](CC[C@@H]3C[C@@H](O)CC(=O)O3)[C@H]21. The van der Waals surface area contributed by atoms with Gasteiger partial charge in [-0.1, -0.05) is 39.8 Å². The van der Waals surface area contributed by atoms with Crippen molar-refractivity contribution < 1.29 is 24.2 Å². The Morgan fingerprint density at radius 3 is 2.69 bits per heavy atom. The zero-order valence-corrected chi connectivity index (χ0v) is 18.4. The fourth-order valence-corrected chi connectivity index (χ4v) is 5.59. The number of allylic oxidation sites excluding steroid dienone is 2. The highest BCUT2D eigenvalue weighted by Gasteiger charge is 2.45. The molecule has 5 heteroatoms. The second-order valence-electron chi connectivity index (χ2n) is 9.79. The van der Waals surface area contributed by atoms with Crippen LogP contribution in [0.5, 0.6) is 0 Å². The Hall–Kier alpha value is -1.36. The number of fused-ring (bicyclic) bond motifs is 1. The van der Waals surface area contributed by atoms with E-state index < -0.39 is 6.10 Å². The lowest BCUT2D eigenvalue weighted by molar-refractivity contribution is -0.166. The van der Waals surface area contributed by atoms with Gasteiger partial charge in [-0.15, -0.1) is 0 Å². The molecule has 0 radical (unpaired) electrons. The summed E-state index contributed by atoms with van der Waals surface area (Å²) in [6.07, 6.45) is 9.01. The lowest BCUT2D eigenvalue weighted by Crippen LogP contribution is -2.46. The molecular formula is C24H38O5. The van der Waals surface area contributed by atoms with Gasteiger partial charge in [0.15, 0.2) is 0 Å². The second-order valence-corrected chi connectivity index (χ2v) is 9.79. The van der Waals surface area contributed by atoms with E-state index in [0.717, 1.165) is 32.1 Å². The first-order chi connectivity index (χ1) is 13.8. The first-order valence-corrected chi connectivity index (χ1v) is 11.5. The molecule has 1 heterocycles. The summed E-state index contributed by atoms with van der Waals surface area (Å²) in [6.45, 7) is 8.46. The van der Waals surface area contributed by atoms with Crippen LogP contribution >= 0.6 is 0 Å². The summed E-state index contributed by atoms with van der Waals surface area (Å²) in [7, 11) is 0. The topological polar surface area (TPSA) is 72.8 Å². The fraction of sp³-hybridized carbons (Fsp3) is 0.833. The van der Waals surface area contributed by atoms with Crippen LogP contribution in [0.3, 0.4) is 0 Å². The predicted octanol–water partition coefficient (Wildman–Crippen LogP) is 4.28. The van der Waals surface area contributed by atoms with E-state index in [9.17, 15) is 14.7 Å². The molecule has 0 spiro atoms. The van der Waals surface area contributed by atoms with E-state index in [0.29, 0.717) is 36.0 Å². The van der Waals surface area contributed by atoms with Gasteiger partial charge in [0.05, 0.1) is 18.4 Å². The first-order valence-electron chi connectivity index (χ1n) is 11.5. The third kappa shape index (κ3) is 5.42. The van der Waals surface area contributed by atoms with Crippen molar-refractivity contribution in [3.05, 3.63) is 12.2 Å². The molecule has 29 heavy (non-hydrogen) atoms. The largest absolute Gasteiger partial charge is 0.462 e. The van der Waals surface area contributed by atoms with Crippen molar-refractivity contribution in [3.63, 3.8) is 0 Å². The number of carbonyl (C=O) groups excluding carboxylic acids is 2. The summed E-state index contributed by atoms with van der Waals surface area (Å²) >= 11 is 0. The van der Waals surface area contributed by atoms with Gasteiger partial charge in [0.25, 0.3) is 0 Å². The molecular weight excluding hydrogens is 368 g/mol. The maximum atomic E-state index is 12.6. The number of ether oxygens (including phenoxy) is 2. The lowest BCUT2D eigenvalue weighted by Gasteiger charge is -2.47. The molecule has 0 aromatic heterocycles. The molecule has 0 aromatic carbocycles. The summed E-state index contributed by atoms with van der Waals surface area (Å²) in [5.41, 5.74) is 0. The Kier molecular flexibility index (Phi) is 7.42. The van der Waals surface area contributed by atoms with E-state index in [1.54, 1.807) is 0 Å². The average Bonchev–Trinajstić information content (AvgIpc) is 2.65. The molecule has 5 nitrogen and oxygen atoms in total. The third-order valence-corrected chi connectivity index (χ3v) is 7.40. The molecule has 164 valence electrons. The Balaban J connectivity index is 1.71. The van der Waals surface area contributed by atoms with Gasteiger partial charge < -0.3 is 14.6 Å². The minimum atomic E-state index is -0.586. The predicted molar refractivity (Wildman–Crippen MR) is 111 cm³/mol. The molecule has 1 aliphatic heterocycles. The second kappa shape index (κ2) is 9.63. The molecule has 0 amide bonds. The van der Waals surface area contributed by atoms with Gasteiger partial charge >= 0.3 is 11.9 Å². The van der Waals surface area contributed by atoms with Crippen molar-refractivity contribution in [3.8, 4) is 0 Å². The summed E-state index contributed by atoms with van der Waals surface area (Å²) in [5.74, 6) is 1.66. The van der Waals surface area contributed by atoms with Crippen LogP contribution in [0.15, 0.2) is 12.2 Å². The number of cyclic esters (lactones) is 1. The smallest absolute Gasteiger partial charge is 0.308 e. The van der Waals surface area contributed by atoms with Gasteiger partial charge in [-0.05, 0) is 55.8 Å². The van der Waals surface area contributed by atoms with Crippen LogP contribution in [0.2, 0.25) is 0 Å². The van der Waals surface area contributed by atoms with Gasteiger partial charge in [0, 0.05) is 12.3 Å². The van der Waals surface area contributed by atoms with Crippen LogP contribution in [-0.4, -0.2) is 35.4 Å². The van der Waals surface area contributed by atoms with E-state index in [1.807, 2.05) is 13.8 Å². The van der Waals surface area contributed by atoms with Gasteiger partial charge in [-0.25, -0.2) is 0 Å². The van der Waals surface area contributed by atoms with E-state index in [2.05, 4.69) is 26.0 Å². The van der Waals surface area contributed by atoms with Crippen LogP contribution in [0.4, 0.5) is 0 Å². The highest BCUT2D eigenvalue weighted by Crippen LogP contribution is 2.48. The average molecular weight is 407 g/mol. The molecule has 9 atom stereocenters. The van der Waals surface area contributed by atoms with Crippen LogP contribution in [0.1, 0.15) is 72.6 Å². The minimum absolute atomic E-state index is 0.0397. The normalized spacial score (nSPS) is 40.7. The lowest BCUT2D eigenvalue weighted by atomic mass is 9.60. The quantitative estimate of drug-likeness (QED) is 0.527.